The number of Topliss-reactive ketones (excluding diaryl/α,β-unsaturated/α-hetero) is 1. The summed E-state index contributed by atoms with van der Waals surface area (Å²) < 4.78 is 87.2. The van der Waals surface area contributed by atoms with Gasteiger partial charge >= 0.3 is 12.4 Å². The molecule has 0 unspecified atom stereocenters. The summed E-state index contributed by atoms with van der Waals surface area (Å²) in [6, 6.07) is 4.93. The van der Waals surface area contributed by atoms with E-state index >= 15 is 0 Å². The Labute approximate surface area is 251 Å². The van der Waals surface area contributed by atoms with Gasteiger partial charge in [-0.05, 0) is 62.1 Å². The maximum Gasteiger partial charge on any atom is 0.416 e. The molecule has 0 spiro atoms. The van der Waals surface area contributed by atoms with Crippen molar-refractivity contribution in [1.29, 1.82) is 0 Å². The second-order valence-corrected chi connectivity index (χ2v) is 11.4. The van der Waals surface area contributed by atoms with E-state index in [4.69, 9.17) is 4.74 Å². The Kier molecular flexibility index (Phi) is 6.86. The van der Waals surface area contributed by atoms with Crippen LogP contribution in [0.4, 0.5) is 32.0 Å². The Morgan fingerprint density at radius 2 is 1.56 bits per heavy atom. The van der Waals surface area contributed by atoms with Crippen molar-refractivity contribution in [2.75, 3.05) is 12.0 Å². The van der Waals surface area contributed by atoms with Crippen LogP contribution in [-0.2, 0) is 31.5 Å². The molecule has 1 fully saturated rings. The number of ether oxygens (including phenoxy) is 1. The van der Waals surface area contributed by atoms with E-state index in [2.05, 4.69) is 0 Å². The molecule has 3 aliphatic carbocycles. The van der Waals surface area contributed by atoms with Gasteiger partial charge in [-0.15, -0.1) is 0 Å². The van der Waals surface area contributed by atoms with Crippen LogP contribution in [0.3, 0.4) is 0 Å². The van der Waals surface area contributed by atoms with Crippen molar-refractivity contribution in [2.24, 2.45) is 17.8 Å². The molecule has 4 aliphatic rings. The normalized spacial score (nSPS) is 25.1. The average molecular weight is 632 g/mol. The monoisotopic (exact) mass is 631 g/mol. The topological polar surface area (TPSA) is 101 Å². The summed E-state index contributed by atoms with van der Waals surface area (Å²) in [5, 5.41) is 11.0. The highest BCUT2D eigenvalue weighted by Crippen LogP contribution is 2.57. The van der Waals surface area contributed by atoms with E-state index in [1.165, 1.54) is 38.3 Å². The number of anilines is 1. The fraction of sp³-hybridized carbons (Fsp3) is 0.312. The first-order valence-corrected chi connectivity index (χ1v) is 13.8. The van der Waals surface area contributed by atoms with Crippen LogP contribution >= 0.6 is 0 Å². The fourth-order valence-corrected chi connectivity index (χ4v) is 7.04. The molecule has 13 heteroatoms. The molecule has 0 aromatic heterocycles. The van der Waals surface area contributed by atoms with Crippen molar-refractivity contribution in [2.45, 2.75) is 38.0 Å². The fourth-order valence-electron chi connectivity index (χ4n) is 7.04. The summed E-state index contributed by atoms with van der Waals surface area (Å²) in [5.74, 6) is -7.58. The van der Waals surface area contributed by atoms with E-state index in [0.29, 0.717) is 22.6 Å². The van der Waals surface area contributed by atoms with Crippen LogP contribution in [0, 0.1) is 17.8 Å². The number of phenolic OH excluding ortho intramolecular Hbond substituents is 1. The lowest BCUT2D eigenvalue weighted by atomic mass is 9.59. The van der Waals surface area contributed by atoms with Gasteiger partial charge in [0.25, 0.3) is 0 Å². The van der Waals surface area contributed by atoms with Crippen LogP contribution < -0.4 is 9.64 Å². The van der Waals surface area contributed by atoms with Crippen molar-refractivity contribution < 1.29 is 55.4 Å². The lowest BCUT2D eigenvalue weighted by molar-refractivity contribution is -0.143. The lowest BCUT2D eigenvalue weighted by Gasteiger charge is -2.42. The maximum atomic E-state index is 14.0. The number of aromatic hydroxyl groups is 1. The third-order valence-electron chi connectivity index (χ3n) is 8.94. The van der Waals surface area contributed by atoms with Crippen LogP contribution in [0.1, 0.15) is 42.4 Å². The number of nitrogens with zero attached hydrogens (tertiary/aromatic N) is 1. The smallest absolute Gasteiger partial charge is 0.416 e. The first kappa shape index (κ1) is 30.4. The molecule has 2 aromatic rings. The van der Waals surface area contributed by atoms with Crippen LogP contribution in [0.5, 0.6) is 11.5 Å². The lowest BCUT2D eigenvalue weighted by Crippen LogP contribution is -2.40. The van der Waals surface area contributed by atoms with Gasteiger partial charge in [-0.25, -0.2) is 4.90 Å². The highest BCUT2D eigenvalue weighted by Gasteiger charge is 2.57. The number of ketones is 2. The van der Waals surface area contributed by atoms with E-state index in [0.717, 1.165) is 0 Å². The molecule has 7 nitrogen and oxygen atoms in total. The Morgan fingerprint density at radius 1 is 0.911 bits per heavy atom. The van der Waals surface area contributed by atoms with Crippen molar-refractivity contribution in [3.05, 3.63) is 87.5 Å². The molecular formula is C32H23F6NO6. The molecule has 234 valence electrons. The number of benzene rings is 2. The van der Waals surface area contributed by atoms with Gasteiger partial charge < -0.3 is 9.84 Å². The number of methoxy groups -OCH3 is 1. The van der Waals surface area contributed by atoms with E-state index in [1.807, 2.05) is 0 Å². The minimum absolute atomic E-state index is 0.0511. The molecule has 1 aliphatic heterocycles. The van der Waals surface area contributed by atoms with Gasteiger partial charge in [0.15, 0.2) is 11.6 Å². The van der Waals surface area contributed by atoms with Crippen LogP contribution in [0.2, 0.25) is 0 Å². The number of rotatable bonds is 3. The number of imide groups is 1. The largest absolute Gasteiger partial charge is 0.507 e. The minimum atomic E-state index is -5.21. The van der Waals surface area contributed by atoms with Crippen molar-refractivity contribution in [3.8, 4) is 11.5 Å². The number of fused-ring (bicyclic) bond motifs is 3. The first-order chi connectivity index (χ1) is 21.0. The summed E-state index contributed by atoms with van der Waals surface area (Å²) in [6.45, 7) is 1.44. The molecule has 1 N–H and O–H groups in total. The number of hydrogen-bond donors (Lipinski definition) is 1. The van der Waals surface area contributed by atoms with E-state index in [9.17, 15) is 50.6 Å². The van der Waals surface area contributed by atoms with Crippen LogP contribution in [0.25, 0.3) is 0 Å². The summed E-state index contributed by atoms with van der Waals surface area (Å²) in [5.41, 5.74) is -3.46. The molecule has 0 saturated carbocycles. The van der Waals surface area contributed by atoms with Gasteiger partial charge in [-0.3, -0.25) is 19.2 Å². The standard InChI is InChI=1S/C32H23F6NO6/c1-13-8-22(41)25-20(28(13)42)12-19-17(26(25)27-21(40)4-3-5-23(27)45-2)6-7-18-24(19)30(44)39(29(18)43)16-10-14(31(33,34)35)9-15(11-16)32(36,37)38/h3-6,8-11,18-19,24,26,40H,7,12H2,1-2H3/t18-,19+,24-,26-/m0/s1. The highest BCUT2D eigenvalue weighted by atomic mass is 19.4. The van der Waals surface area contributed by atoms with Gasteiger partial charge in [0.2, 0.25) is 11.8 Å². The zero-order chi connectivity index (χ0) is 32.7. The van der Waals surface area contributed by atoms with Gasteiger partial charge in [0.05, 0.1) is 35.8 Å². The molecule has 0 radical (unpaired) electrons. The predicted molar refractivity (Wildman–Crippen MR) is 145 cm³/mol. The van der Waals surface area contributed by atoms with Gasteiger partial charge in [0.1, 0.15) is 11.5 Å². The molecule has 0 bridgehead atoms. The molecule has 2 amide bonds. The molecule has 4 atom stereocenters. The number of carbonyl (C=O) groups is 4. The van der Waals surface area contributed by atoms with Crippen molar-refractivity contribution >= 4 is 29.1 Å². The third kappa shape index (κ3) is 4.67. The van der Waals surface area contributed by atoms with Crippen molar-refractivity contribution in [1.82, 2.24) is 0 Å². The highest BCUT2D eigenvalue weighted by molar-refractivity contribution is 6.25. The molecule has 2 aromatic carbocycles. The third-order valence-corrected chi connectivity index (χ3v) is 8.94. The van der Waals surface area contributed by atoms with Crippen molar-refractivity contribution in [3.63, 3.8) is 0 Å². The number of hydrogen-bond acceptors (Lipinski definition) is 6. The quantitative estimate of drug-likeness (QED) is 0.191. The number of phenols is 1. The zero-order valence-electron chi connectivity index (χ0n) is 23.5. The Balaban J connectivity index is 1.50. The summed E-state index contributed by atoms with van der Waals surface area (Å²) >= 11 is 0. The Bertz CT molecular complexity index is 1770. The molecule has 45 heavy (non-hydrogen) atoms. The molecule has 1 saturated heterocycles. The van der Waals surface area contributed by atoms with Gasteiger partial charge in [-0.1, -0.05) is 17.7 Å². The maximum absolute atomic E-state index is 14.0. The van der Waals surface area contributed by atoms with E-state index in [1.54, 1.807) is 6.08 Å². The van der Waals surface area contributed by atoms with Gasteiger partial charge in [-0.2, -0.15) is 26.3 Å². The molecule has 1 heterocycles. The molecular weight excluding hydrogens is 608 g/mol. The summed E-state index contributed by atoms with van der Waals surface area (Å²) in [6.07, 6.45) is -7.97. The minimum Gasteiger partial charge on any atom is -0.507 e. The first-order valence-electron chi connectivity index (χ1n) is 13.8. The van der Waals surface area contributed by atoms with Crippen LogP contribution in [0.15, 0.2) is 70.8 Å². The number of halogens is 6. The number of alkyl halides is 6. The molecule has 6 rings (SSSR count). The Morgan fingerprint density at radius 3 is 2.16 bits per heavy atom. The van der Waals surface area contributed by atoms with Crippen LogP contribution in [-0.4, -0.2) is 35.6 Å². The second kappa shape index (κ2) is 10.2. The van der Waals surface area contributed by atoms with E-state index in [-0.39, 0.29) is 52.7 Å². The number of allylic oxidation sites excluding steroid dienone is 6. The number of carbonyl (C=O) groups excluding carboxylic acids is 4. The van der Waals surface area contributed by atoms with E-state index < -0.39 is 76.2 Å². The number of amides is 2. The second-order valence-electron chi connectivity index (χ2n) is 11.4. The average Bonchev–Trinajstić information content (AvgIpc) is 3.23. The van der Waals surface area contributed by atoms with Gasteiger partial charge in [0, 0.05) is 28.2 Å². The zero-order valence-corrected chi connectivity index (χ0v) is 23.5. The summed E-state index contributed by atoms with van der Waals surface area (Å²) in [4.78, 5) is 54.8. The SMILES string of the molecule is COc1cccc(O)c1[C@H]1C2=CC[C@@H]3C(=O)N(c4cc(C(F)(F)F)cc(C(F)(F)F)c4)C(=O)[C@@H]3[C@@H]2CC2=C1C(=O)C=C(C)C2=O. The Hall–Kier alpha value is -4.68. The summed E-state index contributed by atoms with van der Waals surface area (Å²) in [7, 11) is 1.33. The predicted octanol–water partition coefficient (Wildman–Crippen LogP) is 6.07.